The molecule has 2 aromatic rings. The van der Waals surface area contributed by atoms with Gasteiger partial charge in [-0.05, 0) is 54.8 Å². The molecule has 7 heteroatoms. The molecule has 0 saturated heterocycles. The van der Waals surface area contributed by atoms with Crippen LogP contribution in [-0.2, 0) is 32.1 Å². The first-order valence-corrected chi connectivity index (χ1v) is 9.97. The van der Waals surface area contributed by atoms with Crippen molar-refractivity contribution in [1.29, 1.82) is 0 Å². The second kappa shape index (κ2) is 11.8. The molecule has 0 aliphatic rings. The van der Waals surface area contributed by atoms with Crippen LogP contribution >= 0.6 is 11.6 Å². The summed E-state index contributed by atoms with van der Waals surface area (Å²) in [4.78, 5) is 24.0. The van der Waals surface area contributed by atoms with E-state index in [-0.39, 0.29) is 5.57 Å². The zero-order valence-electron chi connectivity index (χ0n) is 17.8. The largest absolute Gasteiger partial charge is 0.490 e. The number of carbonyl (C=O) groups excluding carboxylic acids is 2. The van der Waals surface area contributed by atoms with Crippen LogP contribution in [0.3, 0.4) is 0 Å². The molecule has 0 N–H and O–H groups in total. The quantitative estimate of drug-likeness (QED) is 0.173. The van der Waals surface area contributed by atoms with E-state index in [1.807, 2.05) is 19.1 Å². The van der Waals surface area contributed by atoms with Crippen molar-refractivity contribution >= 4 is 29.6 Å². The Kier molecular flexibility index (Phi) is 9.15. The first-order valence-electron chi connectivity index (χ1n) is 9.59. The molecule has 0 atom stereocenters. The smallest absolute Gasteiger partial charge is 0.345 e. The maximum Gasteiger partial charge on any atom is 0.345 e. The van der Waals surface area contributed by atoms with E-state index in [2.05, 4.69) is 6.58 Å². The topological polar surface area (TPSA) is 71.1 Å². The summed E-state index contributed by atoms with van der Waals surface area (Å²) in [7, 11) is 2.39. The third kappa shape index (κ3) is 6.62. The number of halogens is 1. The number of hydrogen-bond acceptors (Lipinski definition) is 6. The number of esters is 2. The summed E-state index contributed by atoms with van der Waals surface area (Å²) in [5.41, 5.74) is 2.06. The normalized spacial score (nSPS) is 10.1. The van der Waals surface area contributed by atoms with Gasteiger partial charge in [0.25, 0.3) is 0 Å². The van der Waals surface area contributed by atoms with Gasteiger partial charge in [-0.25, -0.2) is 9.59 Å². The minimum absolute atomic E-state index is 0.230. The Morgan fingerprint density at radius 3 is 2.23 bits per heavy atom. The number of hydrogen-bond donors (Lipinski definition) is 0. The van der Waals surface area contributed by atoms with Gasteiger partial charge in [0.1, 0.15) is 12.2 Å². The van der Waals surface area contributed by atoms with Crippen molar-refractivity contribution in [3.05, 3.63) is 76.3 Å². The Hall–Kier alpha value is -3.25. The Morgan fingerprint density at radius 2 is 1.68 bits per heavy atom. The molecule has 31 heavy (non-hydrogen) atoms. The summed E-state index contributed by atoms with van der Waals surface area (Å²) >= 11 is 5.94. The van der Waals surface area contributed by atoms with E-state index < -0.39 is 11.9 Å². The fourth-order valence-electron chi connectivity index (χ4n) is 2.82. The molecular formula is C24H25ClO6. The lowest BCUT2D eigenvalue weighted by Gasteiger charge is -2.17. The van der Waals surface area contributed by atoms with Crippen LogP contribution in [-0.4, -0.2) is 32.8 Å². The lowest BCUT2D eigenvalue weighted by molar-refractivity contribution is -0.143. The second-order valence-corrected chi connectivity index (χ2v) is 6.83. The minimum Gasteiger partial charge on any atom is -0.490 e. The molecule has 0 heterocycles. The summed E-state index contributed by atoms with van der Waals surface area (Å²) in [6.45, 7) is 6.37. The second-order valence-electron chi connectivity index (χ2n) is 6.39. The van der Waals surface area contributed by atoms with Crippen LogP contribution in [0.15, 0.2) is 54.6 Å². The Bertz CT molecular complexity index is 945. The number of carbonyl (C=O) groups is 2. The first-order chi connectivity index (χ1) is 14.9. The number of allylic oxidation sites excluding steroid dienone is 1. The summed E-state index contributed by atoms with van der Waals surface area (Å²) in [5, 5.41) is 0.647. The molecule has 2 rings (SSSR count). The highest BCUT2D eigenvalue weighted by Crippen LogP contribution is 2.35. The van der Waals surface area contributed by atoms with Gasteiger partial charge in [0.15, 0.2) is 11.5 Å². The van der Waals surface area contributed by atoms with Crippen LogP contribution < -0.4 is 9.47 Å². The monoisotopic (exact) mass is 444 g/mol. The van der Waals surface area contributed by atoms with E-state index in [0.29, 0.717) is 41.7 Å². The van der Waals surface area contributed by atoms with Crippen LogP contribution in [0.5, 0.6) is 11.5 Å². The Labute approximate surface area is 187 Å². The van der Waals surface area contributed by atoms with Gasteiger partial charge in [0, 0.05) is 10.6 Å². The molecule has 0 unspecified atom stereocenters. The summed E-state index contributed by atoms with van der Waals surface area (Å²) in [5.74, 6) is -0.543. The minimum atomic E-state index is -0.793. The highest BCUT2D eigenvalue weighted by atomic mass is 35.5. The first kappa shape index (κ1) is 24.0. The fraction of sp³-hybridized carbons (Fsp3) is 0.250. The predicted molar refractivity (Wildman–Crippen MR) is 119 cm³/mol. The molecule has 2 aromatic carbocycles. The van der Waals surface area contributed by atoms with Crippen LogP contribution in [0.4, 0.5) is 0 Å². The van der Waals surface area contributed by atoms with Gasteiger partial charge >= 0.3 is 11.9 Å². The molecular weight excluding hydrogens is 420 g/mol. The molecule has 0 bridgehead atoms. The van der Waals surface area contributed by atoms with Crippen LogP contribution in [0, 0.1) is 0 Å². The predicted octanol–water partition coefficient (Wildman–Crippen LogP) is 4.78. The Morgan fingerprint density at radius 1 is 1.03 bits per heavy atom. The number of methoxy groups -OCH3 is 2. The van der Waals surface area contributed by atoms with Crippen molar-refractivity contribution in [2.45, 2.75) is 20.0 Å². The molecule has 6 nitrogen and oxygen atoms in total. The number of benzene rings is 2. The van der Waals surface area contributed by atoms with E-state index in [4.69, 9.17) is 30.5 Å². The van der Waals surface area contributed by atoms with Crippen molar-refractivity contribution in [1.82, 2.24) is 0 Å². The molecule has 0 amide bonds. The van der Waals surface area contributed by atoms with Crippen molar-refractivity contribution in [3.63, 3.8) is 0 Å². The van der Waals surface area contributed by atoms with Crippen molar-refractivity contribution < 1.29 is 28.5 Å². The van der Waals surface area contributed by atoms with Crippen LogP contribution in [0.2, 0.25) is 5.02 Å². The molecule has 0 fully saturated rings. The van der Waals surface area contributed by atoms with Crippen LogP contribution in [0.25, 0.3) is 6.08 Å². The fourth-order valence-corrected chi connectivity index (χ4v) is 2.95. The van der Waals surface area contributed by atoms with Crippen molar-refractivity contribution in [3.8, 4) is 11.5 Å². The Balaban J connectivity index is 2.49. The highest BCUT2D eigenvalue weighted by Gasteiger charge is 2.21. The highest BCUT2D eigenvalue weighted by molar-refractivity contribution is 6.30. The molecule has 0 aromatic heterocycles. The molecule has 164 valence electrons. The summed E-state index contributed by atoms with van der Waals surface area (Å²) < 4.78 is 21.2. The van der Waals surface area contributed by atoms with Gasteiger partial charge in [-0.3, -0.25) is 0 Å². The molecule has 0 saturated carbocycles. The van der Waals surface area contributed by atoms with Gasteiger partial charge in [-0.2, -0.15) is 0 Å². The third-order valence-electron chi connectivity index (χ3n) is 4.24. The van der Waals surface area contributed by atoms with E-state index in [1.165, 1.54) is 20.3 Å². The zero-order valence-corrected chi connectivity index (χ0v) is 18.5. The van der Waals surface area contributed by atoms with E-state index in [1.54, 1.807) is 30.3 Å². The third-order valence-corrected chi connectivity index (χ3v) is 4.49. The standard InChI is InChI=1S/C24H25ClO6/c1-5-7-18-12-17(13-20(23(26)28-3)24(27)29-4)14-21(30-6-2)22(18)31-15-16-8-10-19(25)11-9-16/h5,8-14H,1,6-7,15H2,2-4H3. The average Bonchev–Trinajstić information content (AvgIpc) is 2.77. The lowest BCUT2D eigenvalue weighted by atomic mass is 10.0. The summed E-state index contributed by atoms with van der Waals surface area (Å²) in [6, 6.07) is 10.8. The summed E-state index contributed by atoms with van der Waals surface area (Å²) in [6.07, 6.45) is 3.62. The molecule has 0 radical (unpaired) electrons. The number of ether oxygens (including phenoxy) is 4. The SMILES string of the molecule is C=CCc1cc(C=C(C(=O)OC)C(=O)OC)cc(OCC)c1OCc1ccc(Cl)cc1. The maximum absolute atomic E-state index is 12.0. The average molecular weight is 445 g/mol. The van der Waals surface area contributed by atoms with Gasteiger partial charge in [0.2, 0.25) is 0 Å². The molecule has 0 spiro atoms. The number of rotatable bonds is 10. The van der Waals surface area contributed by atoms with E-state index in [9.17, 15) is 9.59 Å². The van der Waals surface area contributed by atoms with E-state index in [0.717, 1.165) is 11.1 Å². The molecule has 0 aliphatic carbocycles. The van der Waals surface area contributed by atoms with Gasteiger partial charge in [-0.1, -0.05) is 29.8 Å². The van der Waals surface area contributed by atoms with Gasteiger partial charge in [0.05, 0.1) is 20.8 Å². The maximum atomic E-state index is 12.0. The van der Waals surface area contributed by atoms with Gasteiger partial charge in [-0.15, -0.1) is 6.58 Å². The van der Waals surface area contributed by atoms with Gasteiger partial charge < -0.3 is 18.9 Å². The van der Waals surface area contributed by atoms with Crippen molar-refractivity contribution in [2.24, 2.45) is 0 Å². The van der Waals surface area contributed by atoms with Crippen LogP contribution in [0.1, 0.15) is 23.6 Å². The molecule has 0 aliphatic heterocycles. The lowest BCUT2D eigenvalue weighted by Crippen LogP contribution is -2.15. The van der Waals surface area contributed by atoms with E-state index >= 15 is 0 Å². The zero-order chi connectivity index (χ0) is 22.8. The van der Waals surface area contributed by atoms with Crippen molar-refractivity contribution in [2.75, 3.05) is 20.8 Å².